The van der Waals surface area contributed by atoms with Crippen LogP contribution in [0.5, 0.6) is 0 Å². The fraction of sp³-hybridized carbons (Fsp3) is 0.231. The molecule has 11 heteroatoms. The Balaban J connectivity index is 1.21. The predicted octanol–water partition coefficient (Wildman–Crippen LogP) is 5.78. The number of nitrogens with zero attached hydrogens (tertiary/aromatic N) is 3. The largest absolute Gasteiger partial charge is 0.401 e. The molecule has 1 saturated carbocycles. The quantitative estimate of drug-likeness (QED) is 0.317. The van der Waals surface area contributed by atoms with Crippen molar-refractivity contribution < 1.29 is 31.3 Å². The number of carbonyl (C=O) groups is 1. The van der Waals surface area contributed by atoms with E-state index in [9.17, 15) is 26.7 Å². The normalized spacial score (nSPS) is 14.4. The first-order valence-electron chi connectivity index (χ1n) is 11.3. The maximum Gasteiger partial charge on any atom is 0.401 e. The number of aromatic nitrogens is 3. The Labute approximate surface area is 207 Å². The van der Waals surface area contributed by atoms with E-state index in [4.69, 9.17) is 4.52 Å². The highest BCUT2D eigenvalue weighted by molar-refractivity contribution is 5.91. The van der Waals surface area contributed by atoms with Gasteiger partial charge in [-0.15, -0.1) is 0 Å². The highest BCUT2D eigenvalue weighted by atomic mass is 19.4. The molecule has 1 N–H and O–H groups in total. The predicted molar refractivity (Wildman–Crippen MR) is 122 cm³/mol. The summed E-state index contributed by atoms with van der Waals surface area (Å²) in [5.74, 6) is -1.62. The van der Waals surface area contributed by atoms with Crippen LogP contribution in [0.2, 0.25) is 0 Å². The van der Waals surface area contributed by atoms with Crippen molar-refractivity contribution in [2.75, 3.05) is 5.32 Å². The summed E-state index contributed by atoms with van der Waals surface area (Å²) in [7, 11) is 0. The number of benzene rings is 2. The summed E-state index contributed by atoms with van der Waals surface area (Å²) >= 11 is 0. The number of hydrogen-bond acceptors (Lipinski definition) is 5. The number of hydrogen-bond donors (Lipinski definition) is 1. The van der Waals surface area contributed by atoms with Gasteiger partial charge in [0.2, 0.25) is 5.91 Å². The van der Waals surface area contributed by atoms with Crippen LogP contribution in [0.3, 0.4) is 0 Å². The van der Waals surface area contributed by atoms with Gasteiger partial charge in [-0.25, -0.2) is 18.7 Å². The lowest BCUT2D eigenvalue weighted by Crippen LogP contribution is -2.28. The van der Waals surface area contributed by atoms with E-state index in [1.54, 1.807) is 30.6 Å². The van der Waals surface area contributed by atoms with Crippen LogP contribution in [0.4, 0.5) is 27.8 Å². The van der Waals surface area contributed by atoms with Crippen molar-refractivity contribution >= 4 is 11.7 Å². The Morgan fingerprint density at radius 2 is 1.68 bits per heavy atom. The zero-order valence-electron chi connectivity index (χ0n) is 19.1. The first kappa shape index (κ1) is 24.5. The molecular formula is C26H19F5N4O2. The van der Waals surface area contributed by atoms with Crippen LogP contribution in [-0.4, -0.2) is 27.2 Å². The zero-order valence-corrected chi connectivity index (χ0v) is 19.1. The number of alkyl halides is 3. The lowest BCUT2D eigenvalue weighted by Gasteiger charge is -2.14. The van der Waals surface area contributed by atoms with Crippen molar-refractivity contribution in [1.29, 1.82) is 0 Å². The van der Waals surface area contributed by atoms with E-state index in [1.165, 1.54) is 24.3 Å². The molecule has 1 aliphatic carbocycles. The number of anilines is 1. The smallest absolute Gasteiger partial charge is 0.358 e. The van der Waals surface area contributed by atoms with Gasteiger partial charge in [-0.1, -0.05) is 29.4 Å². The van der Waals surface area contributed by atoms with Crippen molar-refractivity contribution in [1.82, 2.24) is 15.1 Å². The first-order valence-corrected chi connectivity index (χ1v) is 11.3. The SMILES string of the molecule is O=C(Cc1ccc(-c2cnc(Cc3ccc(F)cc3)nc2)cc1F)Nc1cc(C2(C(F)(F)F)CC2)on1. The number of rotatable bonds is 7. The topological polar surface area (TPSA) is 80.9 Å². The third-order valence-corrected chi connectivity index (χ3v) is 6.26. The van der Waals surface area contributed by atoms with Crippen molar-refractivity contribution in [3.05, 3.63) is 95.3 Å². The Hall–Kier alpha value is -4.15. The van der Waals surface area contributed by atoms with Crippen molar-refractivity contribution in [3.8, 4) is 11.1 Å². The summed E-state index contributed by atoms with van der Waals surface area (Å²) in [5, 5.41) is 5.85. The van der Waals surface area contributed by atoms with Crippen molar-refractivity contribution in [2.45, 2.75) is 37.3 Å². The third kappa shape index (κ3) is 5.20. The first-order chi connectivity index (χ1) is 17.6. The van der Waals surface area contributed by atoms with Gasteiger partial charge >= 0.3 is 6.18 Å². The molecule has 1 aliphatic rings. The van der Waals surface area contributed by atoms with Crippen LogP contribution in [0.25, 0.3) is 11.1 Å². The molecule has 0 atom stereocenters. The van der Waals surface area contributed by atoms with Gasteiger partial charge in [-0.3, -0.25) is 4.79 Å². The average Bonchev–Trinajstić information content (AvgIpc) is 3.56. The standard InChI is InChI=1S/C26H19F5N4O2/c27-19-5-1-15(2-6-19)9-22-32-13-18(14-33-22)16-3-4-17(20(28)10-16)11-24(36)34-23-12-21(37-35-23)25(7-8-25)26(29,30)31/h1-6,10,12-14H,7-9,11H2,(H,34,35,36). The highest BCUT2D eigenvalue weighted by Gasteiger charge is 2.66. The summed E-state index contributed by atoms with van der Waals surface area (Å²) in [4.78, 5) is 20.9. The second kappa shape index (κ2) is 9.38. The van der Waals surface area contributed by atoms with Gasteiger partial charge in [0.05, 0.1) is 6.42 Å². The second-order valence-electron chi connectivity index (χ2n) is 8.88. The van der Waals surface area contributed by atoms with Crippen LogP contribution < -0.4 is 5.32 Å². The minimum atomic E-state index is -4.47. The van der Waals surface area contributed by atoms with Gasteiger partial charge in [0.25, 0.3) is 0 Å². The second-order valence-corrected chi connectivity index (χ2v) is 8.88. The molecule has 190 valence electrons. The van der Waals surface area contributed by atoms with Gasteiger partial charge in [0.1, 0.15) is 22.9 Å². The maximum absolute atomic E-state index is 14.7. The van der Waals surface area contributed by atoms with E-state index in [2.05, 4.69) is 20.4 Å². The van der Waals surface area contributed by atoms with Crippen LogP contribution >= 0.6 is 0 Å². The lowest BCUT2D eigenvalue weighted by atomic mass is 10.0. The van der Waals surface area contributed by atoms with Gasteiger partial charge < -0.3 is 9.84 Å². The zero-order chi connectivity index (χ0) is 26.2. The number of carbonyl (C=O) groups excluding carboxylic acids is 1. The van der Waals surface area contributed by atoms with Crippen LogP contribution in [0, 0.1) is 11.6 Å². The molecule has 2 aromatic carbocycles. The highest BCUT2D eigenvalue weighted by Crippen LogP contribution is 2.59. The van der Waals surface area contributed by atoms with E-state index in [0.717, 1.165) is 11.6 Å². The van der Waals surface area contributed by atoms with Crippen LogP contribution in [-0.2, 0) is 23.1 Å². The molecule has 37 heavy (non-hydrogen) atoms. The summed E-state index contributed by atoms with van der Waals surface area (Å²) < 4.78 is 72.3. The van der Waals surface area contributed by atoms with Gasteiger partial charge in [-0.2, -0.15) is 13.2 Å². The van der Waals surface area contributed by atoms with Crippen molar-refractivity contribution in [2.24, 2.45) is 0 Å². The molecule has 2 heterocycles. The van der Waals surface area contributed by atoms with Crippen molar-refractivity contribution in [3.63, 3.8) is 0 Å². The fourth-order valence-corrected chi connectivity index (χ4v) is 3.96. The summed E-state index contributed by atoms with van der Waals surface area (Å²) in [6.07, 6.45) is -1.52. The lowest BCUT2D eigenvalue weighted by molar-refractivity contribution is -0.165. The molecule has 6 nitrogen and oxygen atoms in total. The average molecular weight is 514 g/mol. The molecule has 0 radical (unpaired) electrons. The molecular weight excluding hydrogens is 495 g/mol. The van der Waals surface area contributed by atoms with Gasteiger partial charge in [-0.05, 0) is 47.7 Å². The Kier molecular flexibility index (Phi) is 6.22. The molecule has 0 saturated heterocycles. The number of nitrogens with one attached hydrogen (secondary N) is 1. The van der Waals surface area contributed by atoms with E-state index < -0.39 is 23.3 Å². The van der Waals surface area contributed by atoms with E-state index in [0.29, 0.717) is 23.4 Å². The number of halogens is 5. The van der Waals surface area contributed by atoms with Crippen LogP contribution in [0.1, 0.15) is 35.6 Å². The van der Waals surface area contributed by atoms with Gasteiger partial charge in [0.15, 0.2) is 11.6 Å². The minimum Gasteiger partial charge on any atom is -0.358 e. The molecule has 4 aromatic rings. The minimum absolute atomic E-state index is 0.0905. The molecule has 0 unspecified atom stereocenters. The summed E-state index contributed by atoms with van der Waals surface area (Å²) in [6.45, 7) is 0. The third-order valence-electron chi connectivity index (χ3n) is 6.26. The monoisotopic (exact) mass is 514 g/mol. The molecule has 1 amide bonds. The number of amides is 1. The molecule has 5 rings (SSSR count). The summed E-state index contributed by atoms with van der Waals surface area (Å²) in [5.41, 5.74) is -0.0530. The Morgan fingerprint density at radius 1 is 0.973 bits per heavy atom. The Morgan fingerprint density at radius 3 is 2.30 bits per heavy atom. The molecule has 2 aromatic heterocycles. The van der Waals surface area contributed by atoms with E-state index >= 15 is 0 Å². The molecule has 1 fully saturated rings. The maximum atomic E-state index is 14.7. The van der Waals surface area contributed by atoms with E-state index in [-0.39, 0.29) is 42.2 Å². The fourth-order valence-electron chi connectivity index (χ4n) is 3.96. The van der Waals surface area contributed by atoms with E-state index in [1.807, 2.05) is 0 Å². The molecule has 0 aliphatic heterocycles. The van der Waals surface area contributed by atoms with Crippen LogP contribution in [0.15, 0.2) is 65.4 Å². The Bertz CT molecular complexity index is 1430. The molecule has 0 bridgehead atoms. The molecule has 0 spiro atoms. The summed E-state index contributed by atoms with van der Waals surface area (Å²) in [6, 6.07) is 11.3. The van der Waals surface area contributed by atoms with Gasteiger partial charge in [0, 0.05) is 30.4 Å².